The molecule has 1 aromatic heterocycles. The predicted molar refractivity (Wildman–Crippen MR) is 45.0 cm³/mol. The molecule has 4 heteroatoms. The standard InChI is InChI=1S/C8H8N4/c1-2-9-8-6(1)7-5(3-10-8)4-11-12-7/h1-4,6,8-9H,(H,11,12). The summed E-state index contributed by atoms with van der Waals surface area (Å²) >= 11 is 0. The first-order valence-electron chi connectivity index (χ1n) is 3.94. The number of hydrogen-bond donors (Lipinski definition) is 2. The molecule has 2 unspecified atom stereocenters. The van der Waals surface area contributed by atoms with Gasteiger partial charge in [-0.1, -0.05) is 6.08 Å². The molecule has 0 aliphatic carbocycles. The average molecular weight is 160 g/mol. The molecular formula is C8H8N4. The molecule has 60 valence electrons. The zero-order valence-corrected chi connectivity index (χ0v) is 6.36. The van der Waals surface area contributed by atoms with Crippen LogP contribution in [0.1, 0.15) is 17.2 Å². The van der Waals surface area contributed by atoms with Crippen LogP contribution in [0.2, 0.25) is 0 Å². The van der Waals surface area contributed by atoms with Crippen molar-refractivity contribution in [3.8, 4) is 0 Å². The van der Waals surface area contributed by atoms with Crippen LogP contribution in [0.4, 0.5) is 0 Å². The minimum absolute atomic E-state index is 0.179. The van der Waals surface area contributed by atoms with Crippen LogP contribution in [0.25, 0.3) is 0 Å². The fourth-order valence-electron chi connectivity index (χ4n) is 1.69. The third-order valence-electron chi connectivity index (χ3n) is 2.32. The first-order chi connectivity index (χ1) is 5.95. The van der Waals surface area contributed by atoms with Gasteiger partial charge in [0.2, 0.25) is 0 Å². The fraction of sp³-hybridized carbons (Fsp3) is 0.250. The lowest BCUT2D eigenvalue weighted by atomic mass is 9.99. The van der Waals surface area contributed by atoms with Crippen LogP contribution in [-0.2, 0) is 0 Å². The van der Waals surface area contributed by atoms with Crippen molar-refractivity contribution in [2.45, 2.75) is 12.1 Å². The molecule has 4 nitrogen and oxygen atoms in total. The highest BCUT2D eigenvalue weighted by Crippen LogP contribution is 2.29. The van der Waals surface area contributed by atoms with E-state index in [0.717, 1.165) is 11.3 Å². The molecule has 0 radical (unpaired) electrons. The molecule has 12 heavy (non-hydrogen) atoms. The fourth-order valence-corrected chi connectivity index (χ4v) is 1.69. The molecule has 1 aromatic rings. The van der Waals surface area contributed by atoms with Gasteiger partial charge in [0.15, 0.2) is 0 Å². The van der Waals surface area contributed by atoms with E-state index in [-0.39, 0.29) is 6.17 Å². The Morgan fingerprint density at radius 3 is 3.42 bits per heavy atom. The van der Waals surface area contributed by atoms with Gasteiger partial charge in [-0.3, -0.25) is 10.1 Å². The molecule has 2 N–H and O–H groups in total. The van der Waals surface area contributed by atoms with Gasteiger partial charge in [-0.15, -0.1) is 0 Å². The van der Waals surface area contributed by atoms with E-state index in [4.69, 9.17) is 0 Å². The molecular weight excluding hydrogens is 152 g/mol. The average Bonchev–Trinajstić information content (AvgIpc) is 2.71. The number of nitrogens with one attached hydrogen (secondary N) is 2. The molecule has 0 aromatic carbocycles. The van der Waals surface area contributed by atoms with Crippen molar-refractivity contribution in [2.24, 2.45) is 4.99 Å². The minimum atomic E-state index is 0.179. The van der Waals surface area contributed by atoms with Gasteiger partial charge >= 0.3 is 0 Å². The summed E-state index contributed by atoms with van der Waals surface area (Å²) in [6.07, 6.45) is 7.90. The van der Waals surface area contributed by atoms with Crippen LogP contribution < -0.4 is 5.32 Å². The molecule has 2 atom stereocenters. The Labute approximate surface area is 69.4 Å². The third-order valence-corrected chi connectivity index (χ3v) is 2.32. The van der Waals surface area contributed by atoms with E-state index in [1.165, 1.54) is 0 Å². The van der Waals surface area contributed by atoms with E-state index in [1.807, 2.05) is 12.4 Å². The van der Waals surface area contributed by atoms with Gasteiger partial charge in [0.25, 0.3) is 0 Å². The van der Waals surface area contributed by atoms with Gasteiger partial charge in [0, 0.05) is 11.8 Å². The van der Waals surface area contributed by atoms with Gasteiger partial charge in [-0.25, -0.2) is 0 Å². The zero-order valence-electron chi connectivity index (χ0n) is 6.36. The number of aromatic nitrogens is 2. The summed E-state index contributed by atoms with van der Waals surface area (Å²) in [6, 6.07) is 0. The summed E-state index contributed by atoms with van der Waals surface area (Å²) in [5.41, 5.74) is 2.26. The lowest BCUT2D eigenvalue weighted by Crippen LogP contribution is -2.26. The van der Waals surface area contributed by atoms with Crippen molar-refractivity contribution < 1.29 is 0 Å². The molecule has 0 spiro atoms. The summed E-state index contributed by atoms with van der Waals surface area (Å²) in [4.78, 5) is 4.35. The third kappa shape index (κ3) is 0.617. The number of aliphatic imine (C=N–C) groups is 1. The number of aromatic amines is 1. The molecule has 0 saturated heterocycles. The van der Waals surface area contributed by atoms with Crippen LogP contribution in [-0.4, -0.2) is 22.6 Å². The first-order valence-corrected chi connectivity index (χ1v) is 3.94. The molecule has 0 bridgehead atoms. The van der Waals surface area contributed by atoms with Gasteiger partial charge in [-0.2, -0.15) is 5.10 Å². The second kappa shape index (κ2) is 1.97. The van der Waals surface area contributed by atoms with E-state index in [0.29, 0.717) is 5.92 Å². The van der Waals surface area contributed by atoms with Crippen LogP contribution in [0, 0.1) is 0 Å². The molecule has 2 aliphatic rings. The van der Waals surface area contributed by atoms with E-state index in [9.17, 15) is 0 Å². The Kier molecular flexibility index (Phi) is 0.983. The predicted octanol–water partition coefficient (Wildman–Crippen LogP) is 0.369. The van der Waals surface area contributed by atoms with Gasteiger partial charge < -0.3 is 5.32 Å². The summed E-state index contributed by atoms with van der Waals surface area (Å²) in [5, 5.41) is 10.1. The highest BCUT2D eigenvalue weighted by atomic mass is 15.2. The first kappa shape index (κ1) is 5.99. The monoisotopic (exact) mass is 160 g/mol. The summed E-state index contributed by atoms with van der Waals surface area (Å²) in [6.45, 7) is 0. The highest BCUT2D eigenvalue weighted by molar-refractivity contribution is 5.82. The maximum Gasteiger partial charge on any atom is 0.130 e. The topological polar surface area (TPSA) is 53.1 Å². The smallest absolute Gasteiger partial charge is 0.130 e. The van der Waals surface area contributed by atoms with Crippen LogP contribution >= 0.6 is 0 Å². The van der Waals surface area contributed by atoms with E-state index in [2.05, 4.69) is 26.6 Å². The van der Waals surface area contributed by atoms with Crippen LogP contribution in [0.3, 0.4) is 0 Å². The summed E-state index contributed by atoms with van der Waals surface area (Å²) < 4.78 is 0. The van der Waals surface area contributed by atoms with Crippen molar-refractivity contribution in [3.05, 3.63) is 29.7 Å². The van der Waals surface area contributed by atoms with E-state index < -0.39 is 0 Å². The molecule has 3 heterocycles. The van der Waals surface area contributed by atoms with Crippen molar-refractivity contribution in [1.29, 1.82) is 0 Å². The maximum absolute atomic E-state index is 4.35. The summed E-state index contributed by atoms with van der Waals surface area (Å²) in [5.74, 6) is 0.340. The van der Waals surface area contributed by atoms with Gasteiger partial charge in [0.1, 0.15) is 6.17 Å². The Morgan fingerprint density at radius 2 is 2.42 bits per heavy atom. The molecule has 2 aliphatic heterocycles. The lowest BCUT2D eigenvalue weighted by Gasteiger charge is -2.18. The zero-order chi connectivity index (χ0) is 7.97. The Morgan fingerprint density at radius 1 is 1.42 bits per heavy atom. The second-order valence-corrected chi connectivity index (χ2v) is 3.01. The van der Waals surface area contributed by atoms with Crippen LogP contribution in [0.5, 0.6) is 0 Å². The Balaban J connectivity index is 2.17. The van der Waals surface area contributed by atoms with Crippen molar-refractivity contribution in [2.75, 3.05) is 0 Å². The normalized spacial score (nSPS) is 29.7. The molecule has 0 fully saturated rings. The van der Waals surface area contributed by atoms with E-state index in [1.54, 1.807) is 6.20 Å². The summed E-state index contributed by atoms with van der Waals surface area (Å²) in [7, 11) is 0. The van der Waals surface area contributed by atoms with E-state index >= 15 is 0 Å². The number of nitrogens with zero attached hydrogens (tertiary/aromatic N) is 2. The van der Waals surface area contributed by atoms with Crippen LogP contribution in [0.15, 0.2) is 23.5 Å². The van der Waals surface area contributed by atoms with Crippen molar-refractivity contribution in [3.63, 3.8) is 0 Å². The SMILES string of the molecule is C1=CC2c3[nH]ncc3C=NC2N1. The maximum atomic E-state index is 4.35. The number of fused-ring (bicyclic) bond motifs is 3. The highest BCUT2D eigenvalue weighted by Gasteiger charge is 2.29. The number of H-pyrrole nitrogens is 1. The van der Waals surface area contributed by atoms with Gasteiger partial charge in [0.05, 0.1) is 17.8 Å². The molecule has 3 rings (SSSR count). The van der Waals surface area contributed by atoms with Crippen molar-refractivity contribution >= 4 is 6.21 Å². The lowest BCUT2D eigenvalue weighted by molar-refractivity contribution is 0.580. The number of hydrogen-bond acceptors (Lipinski definition) is 3. The molecule has 0 saturated carbocycles. The second-order valence-electron chi connectivity index (χ2n) is 3.01. The quantitative estimate of drug-likeness (QED) is 0.576. The minimum Gasteiger partial charge on any atom is -0.369 e. The molecule has 0 amide bonds. The van der Waals surface area contributed by atoms with Gasteiger partial charge in [-0.05, 0) is 6.20 Å². The Hall–Kier alpha value is -1.58. The number of rotatable bonds is 0. The van der Waals surface area contributed by atoms with Crippen molar-refractivity contribution in [1.82, 2.24) is 15.5 Å². The Bertz CT molecular complexity index is 363. The largest absolute Gasteiger partial charge is 0.369 e.